The Hall–Kier alpha value is -2.75. The Morgan fingerprint density at radius 1 is 1.36 bits per heavy atom. The number of benzene rings is 1. The number of hydrogen-bond acceptors (Lipinski definition) is 6. The summed E-state index contributed by atoms with van der Waals surface area (Å²) in [5.74, 6) is -0.821. The van der Waals surface area contributed by atoms with Crippen LogP contribution in [0, 0.1) is 5.41 Å². The van der Waals surface area contributed by atoms with Crippen LogP contribution in [0.15, 0.2) is 24.3 Å². The fourth-order valence-electron chi connectivity index (χ4n) is 2.42. The summed E-state index contributed by atoms with van der Waals surface area (Å²) in [7, 11) is 0. The molecule has 0 radical (unpaired) electrons. The molecule has 1 aliphatic heterocycles. The van der Waals surface area contributed by atoms with Gasteiger partial charge < -0.3 is 25.5 Å². The van der Waals surface area contributed by atoms with Gasteiger partial charge in [0.25, 0.3) is 0 Å². The van der Waals surface area contributed by atoms with Crippen molar-refractivity contribution in [1.29, 1.82) is 5.41 Å². The molecule has 1 fully saturated rings. The van der Waals surface area contributed by atoms with Gasteiger partial charge in [0.05, 0.1) is 6.42 Å². The number of thiol groups is 1. The number of nitrogens with two attached hydrogens (primary N) is 1. The fourth-order valence-corrected chi connectivity index (χ4v) is 2.52. The molecule has 0 aliphatic carbocycles. The summed E-state index contributed by atoms with van der Waals surface area (Å²) in [5, 5.41) is 12.4. The highest BCUT2D eigenvalue weighted by Gasteiger charge is 2.33. The van der Waals surface area contributed by atoms with Crippen LogP contribution in [0.2, 0.25) is 0 Å². The van der Waals surface area contributed by atoms with Crippen molar-refractivity contribution in [2.45, 2.75) is 18.9 Å². The van der Waals surface area contributed by atoms with Crippen LogP contribution < -0.4 is 21.3 Å². The lowest BCUT2D eigenvalue weighted by molar-refractivity contribution is -0.132. The maximum atomic E-state index is 12.4. The molecule has 1 aliphatic rings. The first-order valence-corrected chi connectivity index (χ1v) is 7.93. The van der Waals surface area contributed by atoms with Gasteiger partial charge in [0, 0.05) is 37.3 Å². The van der Waals surface area contributed by atoms with Crippen molar-refractivity contribution < 1.29 is 18.6 Å². The van der Waals surface area contributed by atoms with Crippen molar-refractivity contribution in [3.63, 3.8) is 0 Å². The summed E-state index contributed by atoms with van der Waals surface area (Å²) in [6, 6.07) is 5.58. The first kappa shape index (κ1) is 18.6. The Bertz CT molecular complexity index is 679. The summed E-state index contributed by atoms with van der Waals surface area (Å²) >= 11 is 3.36. The van der Waals surface area contributed by atoms with Gasteiger partial charge in [-0.15, -0.1) is 0 Å². The molecular formula is C15H19N5O4S. The average Bonchev–Trinajstić information content (AvgIpc) is 2.95. The van der Waals surface area contributed by atoms with Crippen LogP contribution in [0.25, 0.3) is 0 Å². The predicted molar refractivity (Wildman–Crippen MR) is 94.4 cm³/mol. The molecule has 134 valence electrons. The van der Waals surface area contributed by atoms with Crippen molar-refractivity contribution in [3.8, 4) is 0 Å². The number of amidine groups is 1. The molecule has 0 spiro atoms. The Balaban J connectivity index is 1.87. The second kappa shape index (κ2) is 8.38. The van der Waals surface area contributed by atoms with Crippen LogP contribution in [0.1, 0.15) is 18.4 Å². The number of carbonyl (C=O) groups excluding carboxylic acids is 3. The maximum absolute atomic E-state index is 12.4. The van der Waals surface area contributed by atoms with E-state index in [9.17, 15) is 14.4 Å². The van der Waals surface area contributed by atoms with E-state index in [4.69, 9.17) is 11.1 Å². The molecule has 1 atom stereocenters. The standard InChI is InChI=1S/C15H19N5O4S/c16-13(17)9-1-3-10(4-2-9)20-8-6-11(14(20)22)19-15(23)18-7-5-12(21)24-25/h1-4,11,25H,5-8H2,(H3,16,17)(H2,18,19,23)/t11-/m0/s1. The van der Waals surface area contributed by atoms with E-state index in [1.54, 1.807) is 29.2 Å². The number of anilines is 1. The zero-order chi connectivity index (χ0) is 18.4. The summed E-state index contributed by atoms with van der Waals surface area (Å²) in [5.41, 5.74) is 6.65. The summed E-state index contributed by atoms with van der Waals surface area (Å²) < 4.78 is 4.17. The van der Waals surface area contributed by atoms with E-state index in [1.165, 1.54) is 0 Å². The molecule has 1 heterocycles. The van der Waals surface area contributed by atoms with E-state index in [2.05, 4.69) is 27.7 Å². The number of urea groups is 1. The van der Waals surface area contributed by atoms with Gasteiger partial charge >= 0.3 is 12.0 Å². The quantitative estimate of drug-likeness (QED) is 0.211. The van der Waals surface area contributed by atoms with E-state index < -0.39 is 18.0 Å². The van der Waals surface area contributed by atoms with Crippen LogP contribution in [-0.2, 0) is 13.8 Å². The molecule has 25 heavy (non-hydrogen) atoms. The third-order valence-corrected chi connectivity index (χ3v) is 3.92. The van der Waals surface area contributed by atoms with E-state index in [0.717, 1.165) is 0 Å². The minimum absolute atomic E-state index is 0.00977. The van der Waals surface area contributed by atoms with Gasteiger partial charge in [-0.25, -0.2) is 4.79 Å². The number of carbonyl (C=O) groups is 3. The molecule has 10 heteroatoms. The Morgan fingerprint density at radius 2 is 2.04 bits per heavy atom. The third kappa shape index (κ3) is 4.86. The zero-order valence-corrected chi connectivity index (χ0v) is 14.2. The van der Waals surface area contributed by atoms with Crippen molar-refractivity contribution in [3.05, 3.63) is 29.8 Å². The number of nitrogen functional groups attached to an aromatic ring is 1. The average molecular weight is 365 g/mol. The topological polar surface area (TPSA) is 138 Å². The molecule has 0 aromatic heterocycles. The molecule has 1 aromatic carbocycles. The normalized spacial score (nSPS) is 16.4. The second-order valence-corrected chi connectivity index (χ2v) is 5.59. The predicted octanol–water partition coefficient (Wildman–Crippen LogP) is 0.153. The summed E-state index contributed by atoms with van der Waals surface area (Å²) in [4.78, 5) is 36.7. The zero-order valence-electron chi connectivity index (χ0n) is 13.3. The molecule has 5 N–H and O–H groups in total. The first-order valence-electron chi connectivity index (χ1n) is 7.57. The molecule has 1 saturated heterocycles. The lowest BCUT2D eigenvalue weighted by Gasteiger charge is -2.17. The number of rotatable bonds is 6. The molecule has 2 rings (SSSR count). The van der Waals surface area contributed by atoms with Crippen LogP contribution in [0.4, 0.5) is 10.5 Å². The number of nitrogens with zero attached hydrogens (tertiary/aromatic N) is 1. The number of amides is 3. The highest BCUT2D eigenvalue weighted by Crippen LogP contribution is 2.22. The molecule has 9 nitrogen and oxygen atoms in total. The smallest absolute Gasteiger partial charge is 0.319 e. The van der Waals surface area contributed by atoms with Crippen LogP contribution in [0.3, 0.4) is 0 Å². The molecule has 0 bridgehead atoms. The number of hydrogen-bond donors (Lipinski definition) is 5. The highest BCUT2D eigenvalue weighted by molar-refractivity contribution is 7.75. The largest absolute Gasteiger partial charge is 0.395 e. The van der Waals surface area contributed by atoms with E-state index >= 15 is 0 Å². The van der Waals surface area contributed by atoms with E-state index in [0.29, 0.717) is 24.2 Å². The van der Waals surface area contributed by atoms with Gasteiger partial charge in [-0.05, 0) is 30.7 Å². The lowest BCUT2D eigenvalue weighted by Crippen LogP contribution is -2.46. The van der Waals surface area contributed by atoms with Crippen LogP contribution in [0.5, 0.6) is 0 Å². The third-order valence-electron chi connectivity index (χ3n) is 3.72. The van der Waals surface area contributed by atoms with Gasteiger partial charge in [-0.3, -0.25) is 15.0 Å². The summed E-state index contributed by atoms with van der Waals surface area (Å²) in [6.07, 6.45) is 0.462. The van der Waals surface area contributed by atoms with Gasteiger partial charge in [0.15, 0.2) is 0 Å². The first-order chi connectivity index (χ1) is 11.9. The van der Waals surface area contributed by atoms with Crippen LogP contribution in [-0.4, -0.2) is 42.9 Å². The monoisotopic (exact) mass is 365 g/mol. The summed E-state index contributed by atoms with van der Waals surface area (Å²) in [6.45, 7) is 0.553. The van der Waals surface area contributed by atoms with Gasteiger partial charge in [0.2, 0.25) is 5.91 Å². The molecular weight excluding hydrogens is 346 g/mol. The minimum Gasteiger partial charge on any atom is -0.395 e. The van der Waals surface area contributed by atoms with Crippen molar-refractivity contribution in [2.24, 2.45) is 5.73 Å². The Kier molecular flexibility index (Phi) is 6.23. The molecule has 0 unspecified atom stereocenters. The Morgan fingerprint density at radius 3 is 2.64 bits per heavy atom. The Labute approximate surface area is 150 Å². The van der Waals surface area contributed by atoms with E-state index in [1.807, 2.05) is 0 Å². The SMILES string of the molecule is N=C(N)c1ccc(N2CC[C@H](NC(=O)NCCC(=O)OS)C2=O)cc1. The fraction of sp³-hybridized carbons (Fsp3) is 0.333. The molecule has 0 saturated carbocycles. The van der Waals surface area contributed by atoms with Crippen molar-refractivity contribution >= 4 is 42.3 Å². The van der Waals surface area contributed by atoms with Crippen molar-refractivity contribution in [1.82, 2.24) is 10.6 Å². The molecule has 3 amide bonds. The lowest BCUT2D eigenvalue weighted by atomic mass is 10.2. The highest BCUT2D eigenvalue weighted by atomic mass is 32.1. The second-order valence-electron chi connectivity index (χ2n) is 5.41. The van der Waals surface area contributed by atoms with Crippen molar-refractivity contribution in [2.75, 3.05) is 18.0 Å². The number of nitrogens with one attached hydrogen (secondary N) is 3. The van der Waals surface area contributed by atoms with Crippen LogP contribution >= 0.6 is 12.9 Å². The van der Waals surface area contributed by atoms with Gasteiger partial charge in [-0.1, -0.05) is 0 Å². The maximum Gasteiger partial charge on any atom is 0.319 e. The minimum atomic E-state index is -0.635. The van der Waals surface area contributed by atoms with Gasteiger partial charge in [0.1, 0.15) is 11.9 Å². The van der Waals surface area contributed by atoms with E-state index in [-0.39, 0.29) is 24.7 Å². The van der Waals surface area contributed by atoms with Gasteiger partial charge in [-0.2, -0.15) is 0 Å². The molecule has 1 aromatic rings.